The Hall–Kier alpha value is 0.796. The number of aliphatic carboxylic acids is 2. The summed E-state index contributed by atoms with van der Waals surface area (Å²) in [4.78, 5) is 21.7. The number of aryl methyl sites for hydroxylation is 1. The minimum absolute atomic E-state index is 0. The van der Waals surface area contributed by atoms with Gasteiger partial charge in [0, 0.05) is 0 Å². The number of benzene rings is 1. The molecule has 0 spiro atoms. The Kier molecular flexibility index (Phi) is 10.4. The fourth-order valence-electron chi connectivity index (χ4n) is 1.82. The van der Waals surface area contributed by atoms with Crippen molar-refractivity contribution in [1.82, 2.24) is 0 Å². The molecule has 0 bridgehead atoms. The summed E-state index contributed by atoms with van der Waals surface area (Å²) < 4.78 is 0. The van der Waals surface area contributed by atoms with E-state index in [0.717, 1.165) is 5.56 Å². The summed E-state index contributed by atoms with van der Waals surface area (Å²) in [7, 11) is 0. The third-order valence-electron chi connectivity index (χ3n) is 2.92. The molecule has 0 radical (unpaired) electrons. The Bertz CT molecular complexity index is 480. The largest absolute Gasteiger partial charge is 1.00 e. The number of hydrogen-bond donors (Lipinski definition) is 0. The van der Waals surface area contributed by atoms with Crippen LogP contribution in [0.1, 0.15) is 43.4 Å². The molecule has 0 aliphatic rings. The van der Waals surface area contributed by atoms with Crippen molar-refractivity contribution in [2.75, 3.05) is 0 Å². The molecule has 0 saturated heterocycles. The smallest absolute Gasteiger partial charge is 0.549 e. The van der Waals surface area contributed by atoms with Gasteiger partial charge < -0.3 is 19.8 Å². The Morgan fingerprint density at radius 3 is 1.85 bits per heavy atom. The van der Waals surface area contributed by atoms with Gasteiger partial charge in [-0.1, -0.05) is 39.0 Å². The zero-order chi connectivity index (χ0) is 14.1. The van der Waals surface area contributed by atoms with E-state index in [2.05, 4.69) is 0 Å². The van der Waals surface area contributed by atoms with Crippen LogP contribution in [0.3, 0.4) is 0 Å². The topological polar surface area (TPSA) is 80.3 Å². The summed E-state index contributed by atoms with van der Waals surface area (Å²) in [5, 5.41) is 21.7. The molecule has 20 heavy (non-hydrogen) atoms. The number of carbonyl (C=O) groups is 2. The van der Waals surface area contributed by atoms with E-state index in [1.165, 1.54) is 6.07 Å². The van der Waals surface area contributed by atoms with Crippen LogP contribution in [0.4, 0.5) is 0 Å². The van der Waals surface area contributed by atoms with Gasteiger partial charge >= 0.3 is 80.9 Å². The van der Waals surface area contributed by atoms with Crippen molar-refractivity contribution in [3.8, 4) is 0 Å². The van der Waals surface area contributed by atoms with Crippen LogP contribution in [0, 0.1) is 6.92 Å². The van der Waals surface area contributed by atoms with Crippen molar-refractivity contribution in [3.05, 3.63) is 34.9 Å². The normalized spacial score (nSPS) is 10.4. The predicted octanol–water partition coefficient (Wildman–Crippen LogP) is -6.12. The Morgan fingerprint density at radius 2 is 1.55 bits per heavy atom. The number of carbonyl (C=O) groups excluding carboxylic acids is 2. The molecule has 1 aromatic rings. The van der Waals surface area contributed by atoms with E-state index < -0.39 is 17.9 Å². The van der Waals surface area contributed by atoms with Crippen molar-refractivity contribution < 1.29 is 101 Å². The predicted molar refractivity (Wildman–Crippen MR) is 62.6 cm³/mol. The van der Waals surface area contributed by atoms with E-state index in [9.17, 15) is 19.8 Å². The van der Waals surface area contributed by atoms with Crippen molar-refractivity contribution >= 4 is 11.9 Å². The maximum Gasteiger partial charge on any atom is 1.00 e. The van der Waals surface area contributed by atoms with E-state index in [0.29, 0.717) is 5.56 Å². The van der Waals surface area contributed by atoms with Crippen LogP contribution in [0.5, 0.6) is 0 Å². The van der Waals surface area contributed by atoms with Gasteiger partial charge in [0.2, 0.25) is 0 Å². The SMILES string of the molecule is Cc1cc(C(C)(C)C)ccc1C(C(=O)[O-])C(=O)[O-].[K+].[Na+]. The van der Waals surface area contributed by atoms with Crippen LogP contribution in [0.2, 0.25) is 0 Å². The van der Waals surface area contributed by atoms with Crippen molar-refractivity contribution in [2.24, 2.45) is 0 Å². The Balaban J connectivity index is 0. The number of hydrogen-bond acceptors (Lipinski definition) is 4. The third-order valence-corrected chi connectivity index (χ3v) is 2.92. The average molecular weight is 310 g/mol. The molecular weight excluding hydrogens is 294 g/mol. The summed E-state index contributed by atoms with van der Waals surface area (Å²) in [5.41, 5.74) is 1.75. The first-order valence-corrected chi connectivity index (χ1v) is 5.67. The molecule has 0 N–H and O–H groups in total. The van der Waals surface area contributed by atoms with E-state index in [1.54, 1.807) is 19.1 Å². The van der Waals surface area contributed by atoms with Gasteiger partial charge in [-0.3, -0.25) is 0 Å². The van der Waals surface area contributed by atoms with Crippen molar-refractivity contribution in [1.29, 1.82) is 0 Å². The summed E-state index contributed by atoms with van der Waals surface area (Å²) in [5.74, 6) is -5.03. The molecule has 0 amide bonds. The summed E-state index contributed by atoms with van der Waals surface area (Å²) >= 11 is 0. The molecule has 0 saturated carbocycles. The second-order valence-electron chi connectivity index (χ2n) is 5.39. The van der Waals surface area contributed by atoms with Gasteiger partial charge in [-0.05, 0) is 29.0 Å². The first-order valence-electron chi connectivity index (χ1n) is 5.67. The third kappa shape index (κ3) is 5.89. The van der Waals surface area contributed by atoms with Gasteiger partial charge in [0.15, 0.2) is 0 Å². The summed E-state index contributed by atoms with van der Waals surface area (Å²) in [6.45, 7) is 7.76. The monoisotopic (exact) mass is 310 g/mol. The average Bonchev–Trinajstić information content (AvgIpc) is 2.18. The summed E-state index contributed by atoms with van der Waals surface area (Å²) in [6.07, 6.45) is 0. The Morgan fingerprint density at radius 1 is 1.10 bits per heavy atom. The van der Waals surface area contributed by atoms with E-state index in [-0.39, 0.29) is 91.9 Å². The molecule has 1 rings (SSSR count). The molecule has 6 heteroatoms. The molecule has 0 atom stereocenters. The standard InChI is InChI=1S/C14H18O4.K.Na/c1-8-7-9(14(2,3)4)5-6-10(8)11(12(15)16)13(17)18;;/h5-7,11H,1-4H3,(H,15,16)(H,17,18);;/q;2*+1/p-2. The second kappa shape index (κ2) is 9.05. The van der Waals surface area contributed by atoms with Crippen molar-refractivity contribution in [3.63, 3.8) is 0 Å². The molecule has 0 heterocycles. The zero-order valence-electron chi connectivity index (χ0n) is 12.9. The van der Waals surface area contributed by atoms with Crippen LogP contribution in [0.25, 0.3) is 0 Å². The van der Waals surface area contributed by atoms with Crippen LogP contribution in [0.15, 0.2) is 18.2 Å². The van der Waals surface area contributed by atoms with Gasteiger partial charge in [0.25, 0.3) is 0 Å². The fourth-order valence-corrected chi connectivity index (χ4v) is 1.82. The molecule has 4 nitrogen and oxygen atoms in total. The van der Waals surface area contributed by atoms with Crippen LogP contribution in [-0.4, -0.2) is 11.9 Å². The molecule has 0 aromatic heterocycles. The van der Waals surface area contributed by atoms with E-state index in [1.807, 2.05) is 20.8 Å². The maximum atomic E-state index is 10.8. The van der Waals surface area contributed by atoms with Gasteiger partial charge in [-0.15, -0.1) is 0 Å². The summed E-state index contributed by atoms with van der Waals surface area (Å²) in [6, 6.07) is 5.06. The quantitative estimate of drug-likeness (QED) is 0.411. The fraction of sp³-hybridized carbons (Fsp3) is 0.429. The second-order valence-corrected chi connectivity index (χ2v) is 5.39. The van der Waals surface area contributed by atoms with E-state index >= 15 is 0 Å². The molecule has 0 aliphatic heterocycles. The first-order chi connectivity index (χ1) is 8.14. The number of rotatable bonds is 3. The molecular formula is C14H16KNaO4. The molecule has 0 fully saturated rings. The maximum absolute atomic E-state index is 10.8. The van der Waals surface area contributed by atoms with Gasteiger partial charge in [-0.25, -0.2) is 0 Å². The Labute approximate surface area is 184 Å². The van der Waals surface area contributed by atoms with Crippen LogP contribution in [-0.2, 0) is 15.0 Å². The number of carboxylic acids is 2. The number of carboxylic acid groups (broad SMARTS) is 2. The van der Waals surface area contributed by atoms with E-state index in [4.69, 9.17) is 0 Å². The molecule has 0 aliphatic carbocycles. The molecule has 98 valence electrons. The van der Waals surface area contributed by atoms with Gasteiger partial charge in [0.1, 0.15) is 0 Å². The van der Waals surface area contributed by atoms with Crippen molar-refractivity contribution in [2.45, 2.75) is 39.0 Å². The zero-order valence-corrected chi connectivity index (χ0v) is 18.1. The van der Waals surface area contributed by atoms with Gasteiger partial charge in [0.05, 0.1) is 17.9 Å². The first kappa shape index (κ1) is 23.1. The van der Waals surface area contributed by atoms with Gasteiger partial charge in [-0.2, -0.15) is 0 Å². The molecule has 0 unspecified atom stereocenters. The minimum atomic E-state index is -1.72. The minimum Gasteiger partial charge on any atom is -0.549 e. The van der Waals surface area contributed by atoms with Crippen LogP contribution >= 0.6 is 0 Å². The molecule has 1 aromatic carbocycles. The van der Waals surface area contributed by atoms with Crippen LogP contribution < -0.4 is 91.2 Å².